The molecule has 0 amide bonds. The van der Waals surface area contributed by atoms with Gasteiger partial charge in [-0.25, -0.2) is 0 Å². The van der Waals surface area contributed by atoms with Crippen LogP contribution in [0.5, 0.6) is 0 Å². The van der Waals surface area contributed by atoms with Crippen LogP contribution in [-0.2, 0) is 47.6 Å². The minimum atomic E-state index is -0.278. The van der Waals surface area contributed by atoms with Crippen molar-refractivity contribution in [2.45, 2.75) is 71.1 Å². The van der Waals surface area contributed by atoms with Crippen LogP contribution in [0.4, 0.5) is 0 Å². The van der Waals surface area contributed by atoms with Crippen molar-refractivity contribution in [3.05, 3.63) is 0 Å². The second kappa shape index (κ2) is 42.9. The predicted molar refractivity (Wildman–Crippen MR) is 188 cm³/mol. The molecule has 0 aromatic heterocycles. The summed E-state index contributed by atoms with van der Waals surface area (Å²) in [5.41, 5.74) is 0. The molecule has 0 saturated carbocycles. The fourth-order valence-electron chi connectivity index (χ4n) is 3.35. The zero-order valence-electron chi connectivity index (χ0n) is 25.6. The molecule has 0 heterocycles. The summed E-state index contributed by atoms with van der Waals surface area (Å²) < 4.78 is 42.7. The fraction of sp³-hybridized carbons (Fsp3) is 0.964. The number of rotatable bonds is 33. The molecular formula is C28H56I3O10V. The van der Waals surface area contributed by atoms with E-state index >= 15 is 0 Å². The summed E-state index contributed by atoms with van der Waals surface area (Å²) >= 11 is 7.39. The summed E-state index contributed by atoms with van der Waals surface area (Å²) in [6.07, 6.45) is 11.6. The molecular weight excluding hydrogens is 928 g/mol. The second-order valence-corrected chi connectivity index (χ2v) is 44.4. The molecule has 0 atom stereocenters. The summed E-state index contributed by atoms with van der Waals surface area (Å²) in [5, 5.41) is 8.56. The van der Waals surface area contributed by atoms with Crippen LogP contribution in [0.2, 0.25) is 0 Å². The Bertz CT molecular complexity index is 512. The maximum absolute atomic E-state index is 11.7. The van der Waals surface area contributed by atoms with E-state index in [9.17, 15) is 4.79 Å². The first-order valence-electron chi connectivity index (χ1n) is 15.1. The van der Waals surface area contributed by atoms with Gasteiger partial charge in [0.15, 0.2) is 0 Å². The topological polar surface area (TPSA) is 111 Å². The molecule has 14 heteroatoms. The van der Waals surface area contributed by atoms with Gasteiger partial charge in [0.2, 0.25) is 0 Å². The molecule has 0 aliphatic carbocycles. The molecule has 42 heavy (non-hydrogen) atoms. The SMILES string of the molecule is CCCCCCCCCCCC(=O)OCCOCCOCCOCCOCCOCCOCCOCCO.[I][V]([I])[I]. The number of hydrogen-bond acceptors (Lipinski definition) is 10. The van der Waals surface area contributed by atoms with Crippen molar-refractivity contribution in [3.63, 3.8) is 0 Å². The summed E-state index contributed by atoms with van der Waals surface area (Å²) in [7, 11) is 0. The third-order valence-corrected chi connectivity index (χ3v) is 5.44. The van der Waals surface area contributed by atoms with E-state index in [0.717, 1.165) is 12.8 Å². The van der Waals surface area contributed by atoms with Gasteiger partial charge < -0.3 is 43.0 Å². The first kappa shape index (κ1) is 46.0. The minimum absolute atomic E-state index is 0.0268. The quantitative estimate of drug-likeness (QED) is 0.0463. The molecule has 0 aliphatic heterocycles. The van der Waals surface area contributed by atoms with Crippen molar-refractivity contribution < 1.29 is 52.7 Å². The number of aliphatic hydroxyl groups excluding tert-OH is 1. The normalized spacial score (nSPS) is 11.1. The van der Waals surface area contributed by atoms with Crippen LogP contribution in [0.1, 0.15) is 71.1 Å². The molecule has 0 radical (unpaired) electrons. The molecule has 10 nitrogen and oxygen atoms in total. The van der Waals surface area contributed by atoms with Gasteiger partial charge >= 0.3 is 70.8 Å². The predicted octanol–water partition coefficient (Wildman–Crippen LogP) is 6.21. The molecule has 254 valence electrons. The van der Waals surface area contributed by atoms with E-state index in [1.165, 1.54) is 44.9 Å². The Balaban J connectivity index is 0. The van der Waals surface area contributed by atoms with E-state index in [1.54, 1.807) is 0 Å². The van der Waals surface area contributed by atoms with Crippen molar-refractivity contribution >= 4 is 65.9 Å². The molecule has 1 N–H and O–H groups in total. The Hall–Kier alpha value is 1.92. The number of unbranched alkanes of at least 4 members (excludes halogenated alkanes) is 8. The molecule has 0 aliphatic rings. The number of hydrogen-bond donors (Lipinski definition) is 1. The first-order chi connectivity index (χ1) is 20.5. The summed E-state index contributed by atoms with van der Waals surface area (Å²) in [4.78, 5) is 11.4. The van der Waals surface area contributed by atoms with E-state index in [0.29, 0.717) is 106 Å². The Morgan fingerprint density at radius 2 is 0.786 bits per heavy atom. The molecule has 0 bridgehead atoms. The van der Waals surface area contributed by atoms with Crippen molar-refractivity contribution in [1.29, 1.82) is 0 Å². The van der Waals surface area contributed by atoms with Gasteiger partial charge in [0.05, 0.1) is 99.1 Å². The number of ether oxygens (including phenoxy) is 8. The average Bonchev–Trinajstić information content (AvgIpc) is 2.96. The molecule has 0 fully saturated rings. The molecule has 0 aromatic rings. The van der Waals surface area contributed by atoms with E-state index in [2.05, 4.69) is 66.9 Å². The zero-order valence-corrected chi connectivity index (χ0v) is 33.5. The third-order valence-electron chi connectivity index (χ3n) is 5.44. The first-order valence-corrected chi connectivity index (χ1v) is 28.6. The van der Waals surface area contributed by atoms with Crippen LogP contribution in [0, 0.1) is 0 Å². The fourth-order valence-corrected chi connectivity index (χ4v) is 3.35. The van der Waals surface area contributed by atoms with Crippen LogP contribution in [-0.4, -0.2) is 117 Å². The van der Waals surface area contributed by atoms with Gasteiger partial charge in [-0.3, -0.25) is 4.79 Å². The van der Waals surface area contributed by atoms with Gasteiger partial charge in [0, 0.05) is 6.42 Å². The van der Waals surface area contributed by atoms with E-state index in [4.69, 9.17) is 43.0 Å². The van der Waals surface area contributed by atoms with E-state index in [1.807, 2.05) is 0 Å². The molecule has 0 unspecified atom stereocenters. The van der Waals surface area contributed by atoms with Crippen LogP contribution >= 0.6 is 59.9 Å². The second-order valence-electron chi connectivity index (χ2n) is 9.00. The van der Waals surface area contributed by atoms with Crippen molar-refractivity contribution in [2.24, 2.45) is 0 Å². The maximum atomic E-state index is 11.7. The Morgan fingerprint density at radius 3 is 1.12 bits per heavy atom. The number of carbonyl (C=O) groups excluding carboxylic acids is 1. The van der Waals surface area contributed by atoms with Crippen molar-refractivity contribution in [3.8, 4) is 0 Å². The number of esters is 1. The van der Waals surface area contributed by atoms with E-state index in [-0.39, 0.29) is 17.5 Å². The van der Waals surface area contributed by atoms with Crippen LogP contribution in [0.25, 0.3) is 0 Å². The van der Waals surface area contributed by atoms with Gasteiger partial charge in [-0.05, 0) is 6.42 Å². The van der Waals surface area contributed by atoms with Gasteiger partial charge in [0.1, 0.15) is 6.61 Å². The third kappa shape index (κ3) is 48.8. The summed E-state index contributed by atoms with van der Waals surface area (Å²) in [6, 6.07) is 0. The van der Waals surface area contributed by atoms with Gasteiger partial charge in [0.25, 0.3) is 0 Å². The van der Waals surface area contributed by atoms with Crippen LogP contribution < -0.4 is 0 Å². The standard InChI is InChI=1S/C28H56O10.3HI.V/c1-2-3-4-5-6-7-8-9-10-11-28(30)38-27-26-37-25-24-36-23-22-35-21-20-34-19-18-33-17-16-32-15-14-31-13-12-29;;;;/h29H,2-27H2,1H3;3*1H;/q;;;;+3/p-3. The monoisotopic (exact) mass is 984 g/mol. The Morgan fingerprint density at radius 1 is 0.500 bits per heavy atom. The molecule has 0 saturated heterocycles. The Kier molecular flexibility index (Phi) is 47.1. The average molecular weight is 984 g/mol. The summed E-state index contributed by atoms with van der Waals surface area (Å²) in [5.74, 6) is -0.135. The number of carbonyl (C=O) groups is 1. The molecule has 0 rings (SSSR count). The number of aliphatic hydroxyl groups is 1. The van der Waals surface area contributed by atoms with Crippen LogP contribution in [0.3, 0.4) is 0 Å². The van der Waals surface area contributed by atoms with Crippen LogP contribution in [0.15, 0.2) is 0 Å². The molecule has 0 aromatic carbocycles. The van der Waals surface area contributed by atoms with Crippen molar-refractivity contribution in [2.75, 3.05) is 106 Å². The molecule has 0 spiro atoms. The van der Waals surface area contributed by atoms with Gasteiger partial charge in [-0.15, -0.1) is 0 Å². The van der Waals surface area contributed by atoms with Crippen molar-refractivity contribution in [1.82, 2.24) is 0 Å². The number of halogens is 3. The summed E-state index contributed by atoms with van der Waals surface area (Å²) in [6.45, 7) is 9.19. The van der Waals surface area contributed by atoms with E-state index < -0.39 is 0 Å². The van der Waals surface area contributed by atoms with Gasteiger partial charge in [-0.2, -0.15) is 0 Å². The van der Waals surface area contributed by atoms with Gasteiger partial charge in [-0.1, -0.05) is 58.3 Å². The Labute approximate surface area is 292 Å². The zero-order chi connectivity index (χ0) is 31.2.